The number of aromatic nitrogens is 1. The fourth-order valence-electron chi connectivity index (χ4n) is 3.95. The Morgan fingerprint density at radius 3 is 2.48 bits per heavy atom. The van der Waals surface area contributed by atoms with Crippen LogP contribution in [0.5, 0.6) is 0 Å². The number of allylic oxidation sites excluding steroid dienone is 1. The molecule has 166 valence electrons. The number of rotatable bonds is 8. The summed E-state index contributed by atoms with van der Waals surface area (Å²) in [6.45, 7) is 10.0. The van der Waals surface area contributed by atoms with Crippen molar-refractivity contribution in [1.29, 1.82) is 0 Å². The summed E-state index contributed by atoms with van der Waals surface area (Å²) in [6.07, 6.45) is 0.675. The highest BCUT2D eigenvalue weighted by Crippen LogP contribution is 2.39. The van der Waals surface area contributed by atoms with E-state index in [-0.39, 0.29) is 11.6 Å². The largest absolute Gasteiger partial charge is 0.650 e. The molecule has 3 rings (SSSR count). The molecule has 0 aliphatic carbocycles. The Morgan fingerprint density at radius 2 is 1.81 bits per heavy atom. The highest BCUT2D eigenvalue weighted by Gasteiger charge is 2.30. The molecule has 1 N–H and O–H groups in total. The Morgan fingerprint density at radius 1 is 1.06 bits per heavy atom. The lowest BCUT2D eigenvalue weighted by Gasteiger charge is -2.44. The molecule has 0 saturated heterocycles. The number of alkyl halides is 3. The smallest absolute Gasteiger partial charge is 0.416 e. The number of hydrogen-bond acceptors (Lipinski definition) is 0. The normalized spacial score (nSPS) is 13.5. The number of nitrogens with one attached hydrogen (secondary N) is 1. The van der Waals surface area contributed by atoms with E-state index < -0.39 is 11.7 Å². The molecule has 3 aromatic rings. The fourth-order valence-corrected chi connectivity index (χ4v) is 3.95. The Hall–Kier alpha value is -2.53. The van der Waals surface area contributed by atoms with Crippen LogP contribution in [0.3, 0.4) is 0 Å². The van der Waals surface area contributed by atoms with Crippen LogP contribution in [-0.2, 0) is 12.6 Å². The first-order valence-electron chi connectivity index (χ1n) is 10.7. The number of unbranched alkanes of at least 4 members (excludes halogenated alkanes) is 1. The van der Waals surface area contributed by atoms with Crippen molar-refractivity contribution in [2.75, 3.05) is 0 Å². The van der Waals surface area contributed by atoms with E-state index in [1.807, 2.05) is 30.3 Å². The number of benzene rings is 2. The molecule has 1 aromatic heterocycles. The standard InChI is InChI=1S/C26H30F3N2/c1-5-6-7-15-23(31-25(2,3)4)24-21(20-13-8-9-14-22(20)30-24)17-18-11-10-12-19(16-18)26(27,28)29/h5,8-14,16,23,30H,1,6-7,15,17H2,2-4H3/q-1/t23-/m0/s1. The van der Waals surface area contributed by atoms with Gasteiger partial charge in [0.1, 0.15) is 0 Å². The van der Waals surface area contributed by atoms with Gasteiger partial charge in [0.15, 0.2) is 0 Å². The molecule has 1 heterocycles. The molecule has 0 unspecified atom stereocenters. The second kappa shape index (κ2) is 9.31. The first-order chi connectivity index (χ1) is 14.6. The van der Waals surface area contributed by atoms with Gasteiger partial charge in [-0.05, 0) is 36.1 Å². The predicted octanol–water partition coefficient (Wildman–Crippen LogP) is 8.35. The first-order valence-corrected chi connectivity index (χ1v) is 10.7. The monoisotopic (exact) mass is 427 g/mol. The van der Waals surface area contributed by atoms with Crippen LogP contribution in [0.25, 0.3) is 16.2 Å². The van der Waals surface area contributed by atoms with Crippen molar-refractivity contribution in [2.45, 2.75) is 64.2 Å². The van der Waals surface area contributed by atoms with Gasteiger partial charge in [0.2, 0.25) is 0 Å². The zero-order valence-corrected chi connectivity index (χ0v) is 18.4. The molecule has 0 bridgehead atoms. The first kappa shape index (κ1) is 23.1. The maximum atomic E-state index is 13.2. The Kier molecular flexibility index (Phi) is 6.95. The summed E-state index contributed by atoms with van der Waals surface area (Å²) in [5, 5.41) is 6.09. The minimum atomic E-state index is -4.35. The maximum absolute atomic E-state index is 13.2. The number of nitrogens with zero attached hydrogens (tertiary/aromatic N) is 1. The molecule has 0 aliphatic heterocycles. The van der Waals surface area contributed by atoms with Crippen molar-refractivity contribution >= 4 is 10.9 Å². The number of halogens is 3. The number of hydrogen-bond donors (Lipinski definition) is 1. The van der Waals surface area contributed by atoms with E-state index in [0.29, 0.717) is 12.0 Å². The third-order valence-electron chi connectivity index (χ3n) is 5.24. The Balaban J connectivity index is 2.05. The lowest BCUT2D eigenvalue weighted by atomic mass is 9.94. The fraction of sp³-hybridized carbons (Fsp3) is 0.385. The highest BCUT2D eigenvalue weighted by atomic mass is 19.4. The summed E-state index contributed by atoms with van der Waals surface area (Å²) >= 11 is 0. The zero-order valence-electron chi connectivity index (χ0n) is 18.4. The molecule has 0 spiro atoms. The SMILES string of the molecule is C=CCCC[C@H]([N-]C(C)(C)C)c1[nH]c2ccccc2c1Cc1cccc(C(F)(F)F)c1. The van der Waals surface area contributed by atoms with Crippen LogP contribution in [0, 0.1) is 0 Å². The van der Waals surface area contributed by atoms with Gasteiger partial charge in [-0.3, -0.25) is 0 Å². The predicted molar refractivity (Wildman–Crippen MR) is 122 cm³/mol. The van der Waals surface area contributed by atoms with Crippen LogP contribution in [0.15, 0.2) is 61.2 Å². The number of aromatic amines is 1. The molecular weight excluding hydrogens is 397 g/mol. The van der Waals surface area contributed by atoms with E-state index in [9.17, 15) is 13.2 Å². The number of para-hydroxylation sites is 1. The van der Waals surface area contributed by atoms with E-state index in [1.165, 1.54) is 12.1 Å². The average molecular weight is 428 g/mol. The Bertz CT molecular complexity index is 1030. The van der Waals surface area contributed by atoms with Crippen molar-refractivity contribution in [2.24, 2.45) is 0 Å². The molecule has 0 radical (unpaired) electrons. The summed E-state index contributed by atoms with van der Waals surface area (Å²) in [5.41, 5.74) is 2.79. The number of H-pyrrole nitrogens is 1. The molecular formula is C26H30F3N2-. The molecule has 0 fully saturated rings. The molecule has 2 aromatic carbocycles. The summed E-state index contributed by atoms with van der Waals surface area (Å²) in [6, 6.07) is 13.5. The minimum Gasteiger partial charge on any atom is -0.650 e. The quantitative estimate of drug-likeness (QED) is 0.277. The third-order valence-corrected chi connectivity index (χ3v) is 5.24. The van der Waals surface area contributed by atoms with Gasteiger partial charge >= 0.3 is 6.18 Å². The maximum Gasteiger partial charge on any atom is 0.416 e. The molecule has 31 heavy (non-hydrogen) atoms. The van der Waals surface area contributed by atoms with Crippen molar-refractivity contribution in [3.8, 4) is 0 Å². The molecule has 2 nitrogen and oxygen atoms in total. The summed E-state index contributed by atoms with van der Waals surface area (Å²) in [7, 11) is 0. The topological polar surface area (TPSA) is 29.9 Å². The minimum absolute atomic E-state index is 0.0619. The van der Waals surface area contributed by atoms with Crippen LogP contribution in [0.4, 0.5) is 13.2 Å². The van der Waals surface area contributed by atoms with Crippen LogP contribution < -0.4 is 0 Å². The highest BCUT2D eigenvalue weighted by molar-refractivity contribution is 5.85. The molecule has 0 aliphatic rings. The van der Waals surface area contributed by atoms with Crippen molar-refractivity contribution in [3.05, 3.63) is 88.9 Å². The Labute approximate surface area is 182 Å². The summed E-state index contributed by atoms with van der Waals surface area (Å²) in [5.74, 6) is 0. The van der Waals surface area contributed by atoms with Gasteiger partial charge in [-0.25, -0.2) is 0 Å². The van der Waals surface area contributed by atoms with Crippen molar-refractivity contribution < 1.29 is 13.2 Å². The third kappa shape index (κ3) is 6.01. The molecule has 1 atom stereocenters. The van der Waals surface area contributed by atoms with Crippen LogP contribution in [0.2, 0.25) is 0 Å². The number of fused-ring (bicyclic) bond motifs is 1. The van der Waals surface area contributed by atoms with Gasteiger partial charge in [0.05, 0.1) is 5.56 Å². The van der Waals surface area contributed by atoms with E-state index in [1.54, 1.807) is 6.07 Å². The van der Waals surface area contributed by atoms with E-state index in [4.69, 9.17) is 5.32 Å². The van der Waals surface area contributed by atoms with Gasteiger partial charge in [-0.1, -0.05) is 82.1 Å². The van der Waals surface area contributed by atoms with E-state index in [0.717, 1.165) is 47.5 Å². The molecule has 0 amide bonds. The lowest BCUT2D eigenvalue weighted by Crippen LogP contribution is -2.17. The van der Waals surface area contributed by atoms with Crippen molar-refractivity contribution in [3.63, 3.8) is 0 Å². The van der Waals surface area contributed by atoms with Crippen LogP contribution in [-0.4, -0.2) is 10.5 Å². The van der Waals surface area contributed by atoms with Crippen molar-refractivity contribution in [1.82, 2.24) is 4.98 Å². The molecule has 0 saturated carbocycles. The van der Waals surface area contributed by atoms with E-state index in [2.05, 4.69) is 32.3 Å². The average Bonchev–Trinajstić information content (AvgIpc) is 3.05. The van der Waals surface area contributed by atoms with Crippen LogP contribution in [0.1, 0.15) is 68.5 Å². The lowest BCUT2D eigenvalue weighted by molar-refractivity contribution is -0.137. The summed E-state index contributed by atoms with van der Waals surface area (Å²) in [4.78, 5) is 3.54. The van der Waals surface area contributed by atoms with E-state index >= 15 is 0 Å². The molecule has 5 heteroatoms. The second-order valence-corrected chi connectivity index (χ2v) is 8.97. The van der Waals surface area contributed by atoms with Gasteiger partial charge < -0.3 is 10.3 Å². The van der Waals surface area contributed by atoms with Crippen LogP contribution >= 0.6 is 0 Å². The zero-order chi connectivity index (χ0) is 22.6. The van der Waals surface area contributed by atoms with Gasteiger partial charge in [-0.2, -0.15) is 13.2 Å². The van der Waals surface area contributed by atoms with Gasteiger partial charge in [0, 0.05) is 16.6 Å². The van der Waals surface area contributed by atoms with Gasteiger partial charge in [0.25, 0.3) is 0 Å². The summed E-state index contributed by atoms with van der Waals surface area (Å²) < 4.78 is 39.7. The van der Waals surface area contributed by atoms with Gasteiger partial charge in [-0.15, -0.1) is 12.1 Å². The second-order valence-electron chi connectivity index (χ2n) is 8.97.